The van der Waals surface area contributed by atoms with Crippen LogP contribution in [0.3, 0.4) is 0 Å². The largest absolute Gasteiger partial charge is 0.406 e. The smallest absolute Gasteiger partial charge is 0.291 e. The molecule has 0 unspecified atom stereocenters. The first kappa shape index (κ1) is 16.1. The van der Waals surface area contributed by atoms with Gasteiger partial charge in [0.05, 0.1) is 11.2 Å². The van der Waals surface area contributed by atoms with E-state index in [1.54, 1.807) is 0 Å². The van der Waals surface area contributed by atoms with E-state index in [1.807, 2.05) is 55.4 Å². The summed E-state index contributed by atoms with van der Waals surface area (Å²) in [5, 5.41) is 2.88. The summed E-state index contributed by atoms with van der Waals surface area (Å²) in [4.78, 5) is 0. The quantitative estimate of drug-likeness (QED) is 0.773. The molecule has 0 aromatic carbocycles. The predicted octanol–water partition coefficient (Wildman–Crippen LogP) is 3.72. The molecule has 1 N–H and O–H groups in total. The zero-order valence-electron chi connectivity index (χ0n) is 11.7. The Morgan fingerprint density at radius 3 is 1.44 bits per heavy atom. The summed E-state index contributed by atoms with van der Waals surface area (Å²) in [5.41, 5.74) is -1.02. The van der Waals surface area contributed by atoms with Crippen molar-refractivity contribution in [2.45, 2.75) is 72.6 Å². The molecule has 0 saturated carbocycles. The Kier molecular flexibility index (Phi) is 5.21. The topological polar surface area (TPSA) is 47.6 Å². The monoisotopic (exact) mass is 251 g/mol. The molecule has 4 nitrogen and oxygen atoms in total. The molecule has 0 amide bonds. The van der Waals surface area contributed by atoms with Crippen molar-refractivity contribution < 1.29 is 13.6 Å². The third-order valence-electron chi connectivity index (χ3n) is 1.20. The minimum atomic E-state index is -3.27. The highest BCUT2D eigenvalue weighted by Gasteiger charge is 2.35. The molecule has 0 aromatic rings. The Morgan fingerprint density at radius 2 is 1.25 bits per heavy atom. The Labute approximate surface area is 99.7 Å². The van der Waals surface area contributed by atoms with Gasteiger partial charge in [0, 0.05) is 6.04 Å². The van der Waals surface area contributed by atoms with Gasteiger partial charge in [-0.3, -0.25) is 9.05 Å². The summed E-state index contributed by atoms with van der Waals surface area (Å²) in [7, 11) is -3.27. The van der Waals surface area contributed by atoms with Crippen LogP contribution in [-0.2, 0) is 13.6 Å². The van der Waals surface area contributed by atoms with Crippen molar-refractivity contribution in [3.8, 4) is 0 Å². The molecular formula is C11H26NO3P. The lowest BCUT2D eigenvalue weighted by molar-refractivity contribution is 0.0432. The molecule has 0 radical (unpaired) electrons. The fourth-order valence-electron chi connectivity index (χ4n) is 1.11. The van der Waals surface area contributed by atoms with Crippen LogP contribution in [0.25, 0.3) is 0 Å². The fraction of sp³-hybridized carbons (Fsp3) is 1.00. The molecule has 0 atom stereocenters. The maximum Gasteiger partial charge on any atom is 0.406 e. The van der Waals surface area contributed by atoms with Gasteiger partial charge in [-0.15, -0.1) is 0 Å². The lowest BCUT2D eigenvalue weighted by atomic mass is 10.2. The average Bonchev–Trinajstić information content (AvgIpc) is 1.69. The van der Waals surface area contributed by atoms with Crippen molar-refractivity contribution in [2.75, 3.05) is 0 Å². The van der Waals surface area contributed by atoms with Gasteiger partial charge in [-0.25, -0.2) is 9.65 Å². The Morgan fingerprint density at radius 1 is 0.938 bits per heavy atom. The molecule has 0 bridgehead atoms. The summed E-state index contributed by atoms with van der Waals surface area (Å²) in [6, 6.07) is 0.0375. The first-order valence-corrected chi connectivity index (χ1v) is 7.17. The number of hydrogen-bond acceptors (Lipinski definition) is 3. The van der Waals surface area contributed by atoms with Crippen LogP contribution < -0.4 is 5.09 Å². The Bertz CT molecular complexity index is 243. The van der Waals surface area contributed by atoms with Crippen molar-refractivity contribution in [3.05, 3.63) is 0 Å². The second kappa shape index (κ2) is 5.18. The van der Waals surface area contributed by atoms with Crippen molar-refractivity contribution in [3.63, 3.8) is 0 Å². The second-order valence-corrected chi connectivity index (χ2v) is 7.81. The lowest BCUT2D eigenvalue weighted by Crippen LogP contribution is -2.32. The van der Waals surface area contributed by atoms with Gasteiger partial charge in [0.25, 0.3) is 0 Å². The van der Waals surface area contributed by atoms with E-state index in [4.69, 9.17) is 9.05 Å². The standard InChI is InChI=1S/C11H26NO3P/c1-9(2)12-16(13,14-10(3,4)5)15-11(6,7)8/h9H,1-8H3,(H,12,13). The van der Waals surface area contributed by atoms with E-state index in [-0.39, 0.29) is 6.04 Å². The van der Waals surface area contributed by atoms with Gasteiger partial charge in [0.2, 0.25) is 0 Å². The van der Waals surface area contributed by atoms with Gasteiger partial charge in [0.1, 0.15) is 0 Å². The van der Waals surface area contributed by atoms with Crippen molar-refractivity contribution in [1.82, 2.24) is 5.09 Å². The highest BCUT2D eigenvalue weighted by Crippen LogP contribution is 2.51. The van der Waals surface area contributed by atoms with Gasteiger partial charge in [-0.1, -0.05) is 0 Å². The number of hydrogen-bond donors (Lipinski definition) is 1. The molecule has 0 aromatic heterocycles. The molecule has 0 rings (SSSR count). The molecule has 0 spiro atoms. The van der Waals surface area contributed by atoms with Crippen LogP contribution in [0, 0.1) is 0 Å². The van der Waals surface area contributed by atoms with Gasteiger partial charge < -0.3 is 0 Å². The minimum absolute atomic E-state index is 0.0375. The van der Waals surface area contributed by atoms with E-state index in [0.29, 0.717) is 0 Å². The first-order valence-electron chi connectivity index (χ1n) is 5.62. The van der Waals surface area contributed by atoms with E-state index < -0.39 is 18.9 Å². The van der Waals surface area contributed by atoms with Crippen LogP contribution in [0.4, 0.5) is 0 Å². The van der Waals surface area contributed by atoms with Gasteiger partial charge in [-0.2, -0.15) is 0 Å². The van der Waals surface area contributed by atoms with Crippen LogP contribution in [-0.4, -0.2) is 17.2 Å². The fourth-order valence-corrected chi connectivity index (χ4v) is 3.33. The molecule has 0 aliphatic rings. The highest BCUT2D eigenvalue weighted by atomic mass is 31.2. The van der Waals surface area contributed by atoms with Crippen LogP contribution in [0.2, 0.25) is 0 Å². The normalized spacial score (nSPS) is 14.6. The van der Waals surface area contributed by atoms with Crippen LogP contribution in [0.1, 0.15) is 55.4 Å². The molecular weight excluding hydrogens is 225 g/mol. The summed E-state index contributed by atoms with van der Waals surface area (Å²) in [6.07, 6.45) is 0. The third-order valence-corrected chi connectivity index (χ3v) is 3.61. The minimum Gasteiger partial charge on any atom is -0.291 e. The molecule has 0 saturated heterocycles. The summed E-state index contributed by atoms with van der Waals surface area (Å²) >= 11 is 0. The third kappa shape index (κ3) is 8.28. The van der Waals surface area contributed by atoms with E-state index in [2.05, 4.69) is 5.09 Å². The zero-order valence-corrected chi connectivity index (χ0v) is 12.6. The van der Waals surface area contributed by atoms with E-state index in [9.17, 15) is 4.57 Å². The molecule has 0 aliphatic heterocycles. The predicted molar refractivity (Wildman–Crippen MR) is 67.6 cm³/mol. The maximum absolute atomic E-state index is 12.5. The SMILES string of the molecule is CC(C)NP(=O)(OC(C)(C)C)OC(C)(C)C. The van der Waals surface area contributed by atoms with E-state index in [1.165, 1.54) is 0 Å². The first-order chi connectivity index (χ1) is 6.83. The molecule has 98 valence electrons. The van der Waals surface area contributed by atoms with Crippen molar-refractivity contribution in [1.29, 1.82) is 0 Å². The maximum atomic E-state index is 12.5. The molecule has 5 heteroatoms. The lowest BCUT2D eigenvalue weighted by Gasteiger charge is -2.32. The molecule has 0 fully saturated rings. The molecule has 0 heterocycles. The summed E-state index contributed by atoms with van der Waals surface area (Å²) in [5.74, 6) is 0. The van der Waals surface area contributed by atoms with Gasteiger partial charge in [-0.05, 0) is 55.4 Å². The number of nitrogens with one attached hydrogen (secondary N) is 1. The summed E-state index contributed by atoms with van der Waals surface area (Å²) in [6.45, 7) is 14.9. The van der Waals surface area contributed by atoms with Crippen LogP contribution in [0.15, 0.2) is 0 Å². The molecule has 16 heavy (non-hydrogen) atoms. The zero-order chi connectivity index (χ0) is 13.2. The van der Waals surface area contributed by atoms with Crippen LogP contribution in [0.5, 0.6) is 0 Å². The highest BCUT2D eigenvalue weighted by molar-refractivity contribution is 7.51. The van der Waals surface area contributed by atoms with Gasteiger partial charge in [0.15, 0.2) is 0 Å². The van der Waals surface area contributed by atoms with Crippen molar-refractivity contribution in [2.24, 2.45) is 0 Å². The van der Waals surface area contributed by atoms with Gasteiger partial charge >= 0.3 is 7.75 Å². The Hall–Kier alpha value is 0.110. The number of rotatable bonds is 4. The second-order valence-electron chi connectivity index (χ2n) is 6.19. The summed E-state index contributed by atoms with van der Waals surface area (Å²) < 4.78 is 23.6. The van der Waals surface area contributed by atoms with Crippen LogP contribution >= 0.6 is 7.75 Å². The van der Waals surface area contributed by atoms with E-state index >= 15 is 0 Å². The molecule has 0 aliphatic carbocycles. The van der Waals surface area contributed by atoms with Crippen molar-refractivity contribution >= 4 is 7.75 Å². The average molecular weight is 251 g/mol. The van der Waals surface area contributed by atoms with E-state index in [0.717, 1.165) is 0 Å². The Balaban J connectivity index is 4.83.